The summed E-state index contributed by atoms with van der Waals surface area (Å²) in [5.74, 6) is 0.352. The monoisotopic (exact) mass is 278 g/mol. The molecule has 100 valence electrons. The molecule has 0 bridgehead atoms. The van der Waals surface area contributed by atoms with Crippen molar-refractivity contribution in [2.24, 2.45) is 0 Å². The summed E-state index contributed by atoms with van der Waals surface area (Å²) in [5.41, 5.74) is 1.66. The van der Waals surface area contributed by atoms with Gasteiger partial charge in [-0.25, -0.2) is 4.79 Å². The van der Waals surface area contributed by atoms with Crippen LogP contribution in [0.1, 0.15) is 5.56 Å². The van der Waals surface area contributed by atoms with Crippen LogP contribution in [0, 0.1) is 0 Å². The van der Waals surface area contributed by atoms with Gasteiger partial charge >= 0.3 is 5.97 Å². The molecule has 6 heteroatoms. The molecule has 0 aliphatic carbocycles. The first-order chi connectivity index (χ1) is 9.18. The summed E-state index contributed by atoms with van der Waals surface area (Å²) in [6, 6.07) is 6.35. The van der Waals surface area contributed by atoms with Gasteiger partial charge < -0.3 is 5.11 Å². The summed E-state index contributed by atoms with van der Waals surface area (Å²) in [6.07, 6.45) is 0.386. The minimum absolute atomic E-state index is 0.137. The quantitative estimate of drug-likeness (QED) is 0.833. The molecule has 1 amide bonds. The van der Waals surface area contributed by atoms with Gasteiger partial charge in [-0.3, -0.25) is 15.0 Å². The van der Waals surface area contributed by atoms with Gasteiger partial charge in [0.1, 0.15) is 6.04 Å². The number of amides is 1. The van der Waals surface area contributed by atoms with Crippen molar-refractivity contribution in [2.45, 2.75) is 18.5 Å². The number of nitrogens with zero attached hydrogens (tertiary/aromatic N) is 1. The average molecular weight is 278 g/mol. The molecule has 2 aliphatic heterocycles. The molecule has 2 heterocycles. The number of thioether (sulfide) groups is 1. The van der Waals surface area contributed by atoms with Crippen molar-refractivity contribution in [3.63, 3.8) is 0 Å². The lowest BCUT2D eigenvalue weighted by atomic mass is 10.1. The maximum atomic E-state index is 12.5. The number of hydrogen-bond acceptors (Lipinski definition) is 4. The predicted octanol–water partition coefficient (Wildman–Crippen LogP) is 0.691. The first kappa shape index (κ1) is 12.5. The van der Waals surface area contributed by atoms with E-state index in [4.69, 9.17) is 0 Å². The highest BCUT2D eigenvalue weighted by Gasteiger charge is 2.41. The van der Waals surface area contributed by atoms with Crippen molar-refractivity contribution in [1.29, 1.82) is 0 Å². The van der Waals surface area contributed by atoms with E-state index >= 15 is 0 Å². The summed E-state index contributed by atoms with van der Waals surface area (Å²) in [6.45, 7) is 0. The van der Waals surface area contributed by atoms with E-state index in [-0.39, 0.29) is 11.9 Å². The molecule has 2 N–H and O–H groups in total. The van der Waals surface area contributed by atoms with Crippen LogP contribution in [0.3, 0.4) is 0 Å². The number of rotatable bonds is 2. The Morgan fingerprint density at radius 3 is 2.84 bits per heavy atom. The molecule has 1 aromatic rings. The Bertz CT molecular complexity index is 528. The van der Waals surface area contributed by atoms with Gasteiger partial charge in [0.25, 0.3) is 0 Å². The third kappa shape index (κ3) is 2.11. The van der Waals surface area contributed by atoms with Crippen molar-refractivity contribution >= 4 is 29.3 Å². The van der Waals surface area contributed by atoms with E-state index in [0.717, 1.165) is 17.1 Å². The number of carbonyl (C=O) groups excluding carboxylic acids is 1. The van der Waals surface area contributed by atoms with Gasteiger partial charge in [-0.2, -0.15) is 0 Å². The molecule has 2 atom stereocenters. The predicted molar refractivity (Wildman–Crippen MR) is 73.3 cm³/mol. The standard InChI is InChI=1S/C13H14N2O3S/c16-12(9-6-19-7-14-9)15-10-4-2-1-3-8(10)5-11(15)13(17)18/h1-4,9,11,14H,5-7H2,(H,17,18). The van der Waals surface area contributed by atoms with E-state index in [0.29, 0.717) is 12.2 Å². The molecule has 0 spiro atoms. The van der Waals surface area contributed by atoms with Gasteiger partial charge in [0, 0.05) is 23.7 Å². The molecular weight excluding hydrogens is 264 g/mol. The molecule has 3 rings (SSSR count). The van der Waals surface area contributed by atoms with Gasteiger partial charge in [-0.05, 0) is 11.6 Å². The Morgan fingerprint density at radius 1 is 1.37 bits per heavy atom. The zero-order chi connectivity index (χ0) is 13.4. The number of aliphatic carboxylic acids is 1. The number of carboxylic acids is 1. The Morgan fingerprint density at radius 2 is 2.16 bits per heavy atom. The normalized spacial score (nSPS) is 25.4. The van der Waals surface area contributed by atoms with Gasteiger partial charge in [-0.1, -0.05) is 18.2 Å². The van der Waals surface area contributed by atoms with E-state index in [1.54, 1.807) is 11.8 Å². The number of carboxylic acid groups (broad SMARTS) is 1. The second-order valence-corrected chi connectivity index (χ2v) is 5.70. The van der Waals surface area contributed by atoms with E-state index in [9.17, 15) is 14.7 Å². The molecule has 0 saturated carbocycles. The van der Waals surface area contributed by atoms with Crippen molar-refractivity contribution in [1.82, 2.24) is 5.32 Å². The Hall–Kier alpha value is -1.53. The summed E-state index contributed by atoms with van der Waals surface area (Å²) >= 11 is 1.65. The van der Waals surface area contributed by atoms with Crippen molar-refractivity contribution < 1.29 is 14.7 Å². The Labute approximate surface area is 115 Å². The molecule has 1 fully saturated rings. The number of anilines is 1. The van der Waals surface area contributed by atoms with Crippen molar-refractivity contribution in [3.8, 4) is 0 Å². The first-order valence-electron chi connectivity index (χ1n) is 6.13. The minimum Gasteiger partial charge on any atom is -0.480 e. The number of carbonyl (C=O) groups is 2. The summed E-state index contributed by atoms with van der Waals surface area (Å²) in [4.78, 5) is 25.3. The van der Waals surface area contributed by atoms with Crippen LogP contribution < -0.4 is 10.2 Å². The molecule has 0 radical (unpaired) electrons. The fourth-order valence-electron chi connectivity index (χ4n) is 2.58. The summed E-state index contributed by atoms with van der Waals surface area (Å²) in [7, 11) is 0. The van der Waals surface area contributed by atoms with Crippen molar-refractivity contribution in [3.05, 3.63) is 29.8 Å². The molecule has 2 unspecified atom stereocenters. The molecule has 1 saturated heterocycles. The minimum atomic E-state index is -0.949. The molecule has 5 nitrogen and oxygen atoms in total. The van der Waals surface area contributed by atoms with Gasteiger partial charge in [0.2, 0.25) is 5.91 Å². The lowest BCUT2D eigenvalue weighted by molar-refractivity contribution is -0.140. The highest BCUT2D eigenvalue weighted by molar-refractivity contribution is 7.99. The molecule has 0 aromatic heterocycles. The number of para-hydroxylation sites is 1. The lowest BCUT2D eigenvalue weighted by Crippen LogP contribution is -2.50. The van der Waals surface area contributed by atoms with Crippen LogP contribution in [0.25, 0.3) is 0 Å². The first-order valence-corrected chi connectivity index (χ1v) is 7.29. The lowest BCUT2D eigenvalue weighted by Gasteiger charge is -2.25. The fourth-order valence-corrected chi connectivity index (χ4v) is 3.51. The molecule has 19 heavy (non-hydrogen) atoms. The number of benzene rings is 1. The zero-order valence-corrected chi connectivity index (χ0v) is 11.0. The van der Waals surface area contributed by atoms with Crippen LogP contribution in [-0.2, 0) is 16.0 Å². The zero-order valence-electron chi connectivity index (χ0n) is 10.2. The van der Waals surface area contributed by atoms with Gasteiger partial charge in [0.15, 0.2) is 0 Å². The van der Waals surface area contributed by atoms with Crippen LogP contribution in [0.15, 0.2) is 24.3 Å². The topological polar surface area (TPSA) is 69.6 Å². The highest BCUT2D eigenvalue weighted by atomic mass is 32.2. The van der Waals surface area contributed by atoms with Gasteiger partial charge in [-0.15, -0.1) is 11.8 Å². The Kier molecular flexibility index (Phi) is 3.20. The van der Waals surface area contributed by atoms with E-state index < -0.39 is 12.0 Å². The average Bonchev–Trinajstić information content (AvgIpc) is 3.05. The van der Waals surface area contributed by atoms with Crippen molar-refractivity contribution in [2.75, 3.05) is 16.5 Å². The van der Waals surface area contributed by atoms with E-state index in [2.05, 4.69) is 5.32 Å². The molecule has 1 aromatic carbocycles. The van der Waals surface area contributed by atoms with Crippen LogP contribution in [-0.4, -0.2) is 40.7 Å². The smallest absolute Gasteiger partial charge is 0.327 e. The SMILES string of the molecule is O=C(O)C1Cc2ccccc2N1C(=O)C1CSCN1. The van der Waals surface area contributed by atoms with Crippen LogP contribution in [0.4, 0.5) is 5.69 Å². The third-order valence-corrected chi connectivity index (χ3v) is 4.45. The van der Waals surface area contributed by atoms with Crippen LogP contribution >= 0.6 is 11.8 Å². The van der Waals surface area contributed by atoms with E-state index in [1.807, 2.05) is 24.3 Å². The van der Waals surface area contributed by atoms with E-state index in [1.165, 1.54) is 4.90 Å². The van der Waals surface area contributed by atoms with Crippen LogP contribution in [0.2, 0.25) is 0 Å². The summed E-state index contributed by atoms with van der Waals surface area (Å²) < 4.78 is 0. The molecule has 2 aliphatic rings. The maximum Gasteiger partial charge on any atom is 0.327 e. The Balaban J connectivity index is 1.95. The van der Waals surface area contributed by atoms with Gasteiger partial charge in [0.05, 0.1) is 6.04 Å². The second kappa shape index (κ2) is 4.86. The largest absolute Gasteiger partial charge is 0.480 e. The second-order valence-electron chi connectivity index (χ2n) is 4.67. The molecular formula is C13H14N2O3S. The third-order valence-electron chi connectivity index (χ3n) is 3.51. The number of hydrogen-bond donors (Lipinski definition) is 2. The highest BCUT2D eigenvalue weighted by Crippen LogP contribution is 2.33. The summed E-state index contributed by atoms with van der Waals surface area (Å²) in [5, 5.41) is 12.4. The maximum absolute atomic E-state index is 12.5. The van der Waals surface area contributed by atoms with Crippen LogP contribution in [0.5, 0.6) is 0 Å². The fraction of sp³-hybridized carbons (Fsp3) is 0.385. The number of nitrogens with one attached hydrogen (secondary N) is 1. The number of fused-ring (bicyclic) bond motifs is 1.